The number of carbonyl (C=O) groups is 2. The maximum absolute atomic E-state index is 12.1. The molecule has 0 aliphatic carbocycles. The number of rotatable bonds is 7. The van der Waals surface area contributed by atoms with Gasteiger partial charge in [-0.2, -0.15) is 0 Å². The number of hydrogen-bond donors (Lipinski definition) is 1. The maximum Gasteiger partial charge on any atom is 0.410 e. The molecule has 0 spiro atoms. The van der Waals surface area contributed by atoms with Crippen LogP contribution in [0.15, 0.2) is 24.3 Å². The molecule has 1 heterocycles. The molecule has 1 N–H and O–H groups in total. The summed E-state index contributed by atoms with van der Waals surface area (Å²) in [6, 6.07) is 7.67. The van der Waals surface area contributed by atoms with Crippen LogP contribution >= 0.6 is 0 Å². The van der Waals surface area contributed by atoms with E-state index in [1.54, 1.807) is 0 Å². The molecule has 1 aliphatic rings. The van der Waals surface area contributed by atoms with E-state index in [1.165, 1.54) is 25.5 Å². The van der Waals surface area contributed by atoms with Crippen molar-refractivity contribution in [3.05, 3.63) is 35.4 Å². The van der Waals surface area contributed by atoms with E-state index in [0.29, 0.717) is 11.5 Å². The predicted octanol–water partition coefficient (Wildman–Crippen LogP) is 4.34. The van der Waals surface area contributed by atoms with E-state index in [0.717, 1.165) is 38.8 Å². The van der Waals surface area contributed by atoms with Gasteiger partial charge in [0.25, 0.3) is 5.91 Å². The molecule has 1 aromatic rings. The zero-order valence-electron chi connectivity index (χ0n) is 17.6. The number of likely N-dealkylation sites (tertiary alicyclic amines) is 1. The molecule has 1 fully saturated rings. The van der Waals surface area contributed by atoms with Gasteiger partial charge >= 0.3 is 6.09 Å². The van der Waals surface area contributed by atoms with Gasteiger partial charge in [-0.05, 0) is 70.1 Å². The molecular formula is C22H34N2O4. The number of nitrogens with one attached hydrogen (secondary N) is 1. The number of hydroxylamine groups is 1. The van der Waals surface area contributed by atoms with Crippen molar-refractivity contribution in [1.82, 2.24) is 10.4 Å². The highest BCUT2D eigenvalue weighted by Crippen LogP contribution is 2.24. The first-order valence-corrected chi connectivity index (χ1v) is 10.2. The van der Waals surface area contributed by atoms with Crippen LogP contribution in [0.3, 0.4) is 0 Å². The molecule has 0 unspecified atom stereocenters. The van der Waals surface area contributed by atoms with Crippen molar-refractivity contribution >= 4 is 12.0 Å². The van der Waals surface area contributed by atoms with Crippen LogP contribution in [-0.4, -0.2) is 42.7 Å². The minimum atomic E-state index is -0.431. The first-order valence-electron chi connectivity index (χ1n) is 10.2. The second-order valence-corrected chi connectivity index (χ2v) is 8.49. The average molecular weight is 391 g/mol. The lowest BCUT2D eigenvalue weighted by Gasteiger charge is -2.33. The Labute approximate surface area is 168 Å². The van der Waals surface area contributed by atoms with E-state index in [9.17, 15) is 9.59 Å². The third kappa shape index (κ3) is 7.50. The first-order chi connectivity index (χ1) is 13.3. The standard InChI is InChI=1S/C22H34N2O4/c1-22(2,3)28-21(26)24-15-13-18(14-16-24)8-6-5-7-17-9-11-19(12-10-17)20(25)23-27-4/h9-12,18H,5-8,13-16H2,1-4H3,(H,23,25). The number of piperidine rings is 1. The monoisotopic (exact) mass is 390 g/mol. The van der Waals surface area contributed by atoms with Crippen molar-refractivity contribution in [2.75, 3.05) is 20.2 Å². The molecule has 0 atom stereocenters. The quantitative estimate of drug-likeness (QED) is 0.555. The summed E-state index contributed by atoms with van der Waals surface area (Å²) in [6.07, 6.45) is 6.47. The number of amides is 2. The van der Waals surface area contributed by atoms with Crippen molar-refractivity contribution in [3.8, 4) is 0 Å². The SMILES string of the molecule is CONC(=O)c1ccc(CCCCC2CCN(C(=O)OC(C)(C)C)CC2)cc1. The fraction of sp³-hybridized carbons (Fsp3) is 0.636. The lowest BCUT2D eigenvalue weighted by Crippen LogP contribution is -2.41. The van der Waals surface area contributed by atoms with Crippen molar-refractivity contribution in [3.63, 3.8) is 0 Å². The van der Waals surface area contributed by atoms with Gasteiger partial charge in [0.05, 0.1) is 7.11 Å². The Bertz CT molecular complexity index is 629. The first kappa shape index (κ1) is 22.2. The Morgan fingerprint density at radius 2 is 1.75 bits per heavy atom. The fourth-order valence-corrected chi connectivity index (χ4v) is 3.47. The largest absolute Gasteiger partial charge is 0.444 e. The van der Waals surface area contributed by atoms with Crippen molar-refractivity contribution in [2.24, 2.45) is 5.92 Å². The molecule has 2 amide bonds. The van der Waals surface area contributed by atoms with Crippen molar-refractivity contribution in [1.29, 1.82) is 0 Å². The van der Waals surface area contributed by atoms with Crippen LogP contribution in [0.2, 0.25) is 0 Å². The van der Waals surface area contributed by atoms with Gasteiger partial charge in [0, 0.05) is 18.7 Å². The van der Waals surface area contributed by atoms with Gasteiger partial charge < -0.3 is 9.64 Å². The van der Waals surface area contributed by atoms with Crippen LogP contribution < -0.4 is 5.48 Å². The summed E-state index contributed by atoms with van der Waals surface area (Å²) in [6.45, 7) is 7.30. The summed E-state index contributed by atoms with van der Waals surface area (Å²) < 4.78 is 5.45. The zero-order valence-corrected chi connectivity index (χ0v) is 17.6. The minimum Gasteiger partial charge on any atom is -0.444 e. The summed E-state index contributed by atoms with van der Waals surface area (Å²) in [5.41, 5.74) is 3.73. The van der Waals surface area contributed by atoms with Crippen molar-refractivity contribution < 1.29 is 19.2 Å². The Kier molecular flexibility index (Phi) is 8.30. The number of unbranched alkanes of at least 4 members (excludes halogenated alkanes) is 1. The van der Waals surface area contributed by atoms with Crippen LogP contribution in [-0.2, 0) is 16.0 Å². The molecule has 6 nitrogen and oxygen atoms in total. The number of benzene rings is 1. The average Bonchev–Trinajstić information content (AvgIpc) is 2.65. The summed E-state index contributed by atoms with van der Waals surface area (Å²) in [5, 5.41) is 0. The van der Waals surface area contributed by atoms with Crippen LogP contribution in [0.4, 0.5) is 4.79 Å². The predicted molar refractivity (Wildman–Crippen MR) is 109 cm³/mol. The summed E-state index contributed by atoms with van der Waals surface area (Å²) >= 11 is 0. The molecule has 156 valence electrons. The molecule has 0 saturated carbocycles. The van der Waals surface area contributed by atoms with E-state index in [1.807, 2.05) is 49.9 Å². The molecule has 28 heavy (non-hydrogen) atoms. The number of ether oxygens (including phenoxy) is 1. The molecule has 0 radical (unpaired) electrons. The lowest BCUT2D eigenvalue weighted by molar-refractivity contribution is 0.0180. The highest BCUT2D eigenvalue weighted by Gasteiger charge is 2.26. The second-order valence-electron chi connectivity index (χ2n) is 8.49. The smallest absolute Gasteiger partial charge is 0.410 e. The van der Waals surface area contributed by atoms with Crippen LogP contribution in [0, 0.1) is 5.92 Å². The van der Waals surface area contributed by atoms with Gasteiger partial charge in [0.15, 0.2) is 0 Å². The summed E-state index contributed by atoms with van der Waals surface area (Å²) in [5.74, 6) is 0.463. The number of hydrogen-bond acceptors (Lipinski definition) is 4. The van der Waals surface area contributed by atoms with Gasteiger partial charge in [-0.25, -0.2) is 10.3 Å². The second kappa shape index (κ2) is 10.5. The molecule has 0 aromatic heterocycles. The normalized spacial score (nSPS) is 15.4. The molecule has 1 aliphatic heterocycles. The van der Waals surface area contributed by atoms with Gasteiger partial charge in [-0.1, -0.05) is 25.0 Å². The van der Waals surface area contributed by atoms with Gasteiger partial charge in [0.2, 0.25) is 0 Å². The molecule has 1 aromatic carbocycles. The summed E-state index contributed by atoms with van der Waals surface area (Å²) in [4.78, 5) is 30.2. The number of carbonyl (C=O) groups excluding carboxylic acids is 2. The van der Waals surface area contributed by atoms with Crippen LogP contribution in [0.1, 0.15) is 68.8 Å². The van der Waals surface area contributed by atoms with Gasteiger partial charge in [0.1, 0.15) is 5.60 Å². The number of nitrogens with zero attached hydrogens (tertiary/aromatic N) is 1. The van der Waals surface area contributed by atoms with E-state index < -0.39 is 5.60 Å². The van der Waals surface area contributed by atoms with E-state index in [-0.39, 0.29) is 12.0 Å². The maximum atomic E-state index is 12.1. The van der Waals surface area contributed by atoms with E-state index in [4.69, 9.17) is 4.74 Å². The highest BCUT2D eigenvalue weighted by molar-refractivity contribution is 5.93. The Balaban J connectivity index is 1.63. The zero-order chi connectivity index (χ0) is 20.6. The third-order valence-electron chi connectivity index (χ3n) is 5.00. The van der Waals surface area contributed by atoms with E-state index in [2.05, 4.69) is 10.3 Å². The van der Waals surface area contributed by atoms with E-state index >= 15 is 0 Å². The lowest BCUT2D eigenvalue weighted by atomic mass is 9.91. The minimum absolute atomic E-state index is 0.187. The summed E-state index contributed by atoms with van der Waals surface area (Å²) in [7, 11) is 1.42. The molecule has 2 rings (SSSR count). The third-order valence-corrected chi connectivity index (χ3v) is 5.00. The van der Waals surface area contributed by atoms with Crippen LogP contribution in [0.25, 0.3) is 0 Å². The number of aryl methyl sites for hydroxylation is 1. The topological polar surface area (TPSA) is 67.9 Å². The van der Waals surface area contributed by atoms with Gasteiger partial charge in [-0.3, -0.25) is 9.63 Å². The van der Waals surface area contributed by atoms with Gasteiger partial charge in [-0.15, -0.1) is 0 Å². The Hall–Kier alpha value is -2.08. The Morgan fingerprint density at radius 3 is 2.32 bits per heavy atom. The molecule has 6 heteroatoms. The van der Waals surface area contributed by atoms with Crippen LogP contribution in [0.5, 0.6) is 0 Å². The molecule has 0 bridgehead atoms. The Morgan fingerprint density at radius 1 is 1.11 bits per heavy atom. The molecular weight excluding hydrogens is 356 g/mol. The highest BCUT2D eigenvalue weighted by atomic mass is 16.6. The van der Waals surface area contributed by atoms with Crippen molar-refractivity contribution in [2.45, 2.75) is 64.9 Å². The molecule has 1 saturated heterocycles. The fourth-order valence-electron chi connectivity index (χ4n) is 3.47.